The van der Waals surface area contributed by atoms with Gasteiger partial charge in [-0.3, -0.25) is 9.59 Å². The zero-order valence-electron chi connectivity index (χ0n) is 15.5. The molecular formula is C23H19BrN3O2+. The maximum atomic E-state index is 12.8. The molecule has 4 rings (SSSR count). The maximum Gasteiger partial charge on any atom is 0.304 e. The van der Waals surface area contributed by atoms with E-state index in [-0.39, 0.29) is 17.9 Å². The molecule has 0 spiro atoms. The third-order valence-electron chi connectivity index (χ3n) is 4.76. The number of nitrogens with zero attached hydrogens (tertiary/aromatic N) is 1. The van der Waals surface area contributed by atoms with Gasteiger partial charge >= 0.3 is 5.91 Å². The molecule has 0 unspecified atom stereocenters. The fraction of sp³-hybridized carbons (Fsp3) is 0.0870. The summed E-state index contributed by atoms with van der Waals surface area (Å²) in [6.07, 6.45) is 1.87. The second-order valence-corrected chi connectivity index (χ2v) is 7.65. The highest BCUT2D eigenvalue weighted by molar-refractivity contribution is 9.10. The van der Waals surface area contributed by atoms with Crippen molar-refractivity contribution in [1.82, 2.24) is 10.7 Å². The van der Waals surface area contributed by atoms with E-state index in [9.17, 15) is 9.59 Å². The van der Waals surface area contributed by atoms with Crippen LogP contribution in [0.15, 0.2) is 89.4 Å². The van der Waals surface area contributed by atoms with Gasteiger partial charge in [-0.1, -0.05) is 64.5 Å². The van der Waals surface area contributed by atoms with Gasteiger partial charge in [-0.15, -0.1) is 10.1 Å². The number of nitrogens with one attached hydrogen (secondary N) is 2. The normalized spacial score (nSPS) is 19.8. The Kier molecular flexibility index (Phi) is 5.53. The van der Waals surface area contributed by atoms with Gasteiger partial charge in [-0.05, 0) is 36.4 Å². The number of rotatable bonds is 4. The number of carbonyl (C=O) groups excluding carboxylic acids is 2. The summed E-state index contributed by atoms with van der Waals surface area (Å²) in [6.45, 7) is 0. The van der Waals surface area contributed by atoms with Crippen molar-refractivity contribution in [2.24, 2.45) is 0 Å². The summed E-state index contributed by atoms with van der Waals surface area (Å²) in [5.74, 6) is -0.534. The summed E-state index contributed by atoms with van der Waals surface area (Å²) in [5, 5.41) is 2.90. The molecule has 0 aromatic heterocycles. The molecule has 29 heavy (non-hydrogen) atoms. The van der Waals surface area contributed by atoms with Crippen molar-refractivity contribution in [3.8, 4) is 0 Å². The van der Waals surface area contributed by atoms with Crippen LogP contribution in [0.3, 0.4) is 0 Å². The highest BCUT2D eigenvalue weighted by Crippen LogP contribution is 2.25. The molecule has 1 saturated heterocycles. The first-order valence-electron chi connectivity index (χ1n) is 9.22. The van der Waals surface area contributed by atoms with Crippen molar-refractivity contribution in [1.29, 1.82) is 0 Å². The van der Waals surface area contributed by atoms with E-state index in [0.29, 0.717) is 5.56 Å². The molecule has 3 aromatic carbocycles. The Labute approximate surface area is 177 Å². The predicted octanol–water partition coefficient (Wildman–Crippen LogP) is 3.47. The molecule has 6 heteroatoms. The second-order valence-electron chi connectivity index (χ2n) is 6.74. The first-order chi connectivity index (χ1) is 14.1. The van der Waals surface area contributed by atoms with Crippen LogP contribution in [0.4, 0.5) is 0 Å². The monoisotopic (exact) mass is 448 g/mol. The lowest BCUT2D eigenvalue weighted by Gasteiger charge is -2.14. The smallest absolute Gasteiger partial charge is 0.304 e. The van der Waals surface area contributed by atoms with Crippen molar-refractivity contribution in [2.75, 3.05) is 0 Å². The van der Waals surface area contributed by atoms with Crippen LogP contribution in [0.25, 0.3) is 0 Å². The molecule has 0 aliphatic carbocycles. The van der Waals surface area contributed by atoms with Gasteiger partial charge in [0, 0.05) is 21.2 Å². The zero-order chi connectivity index (χ0) is 20.2. The van der Waals surface area contributed by atoms with Gasteiger partial charge in [0.15, 0.2) is 6.04 Å². The van der Waals surface area contributed by atoms with E-state index < -0.39 is 6.04 Å². The van der Waals surface area contributed by atoms with Gasteiger partial charge in [0.2, 0.25) is 12.3 Å². The van der Waals surface area contributed by atoms with E-state index in [1.807, 2.05) is 66.9 Å². The molecule has 2 atom stereocenters. The summed E-state index contributed by atoms with van der Waals surface area (Å²) < 4.78 is 2.74. The van der Waals surface area contributed by atoms with Crippen LogP contribution in [-0.2, 0) is 4.79 Å². The van der Waals surface area contributed by atoms with Gasteiger partial charge in [-0.2, -0.15) is 0 Å². The molecule has 2 N–H and O–H groups in total. The standard InChI is InChI=1S/C23H18BrN3O2/c24-19-13-11-16(12-14-19)15-27-21(17-7-3-1-4-8-17)20(23(29)26-27)25-22(28)18-9-5-2-6-10-18/h1-15,20-21H,(H-,25,26,28,29)/p+1/b27-15-/t20-,21-/m0/s1. The summed E-state index contributed by atoms with van der Waals surface area (Å²) in [4.78, 5) is 25.5. The summed E-state index contributed by atoms with van der Waals surface area (Å²) in [7, 11) is 0. The average Bonchev–Trinajstić information content (AvgIpc) is 3.05. The van der Waals surface area contributed by atoms with E-state index in [1.165, 1.54) is 0 Å². The molecule has 1 fully saturated rings. The second kappa shape index (κ2) is 8.41. The highest BCUT2D eigenvalue weighted by Gasteiger charge is 2.47. The molecule has 1 aliphatic rings. The number of hydrogen-bond donors (Lipinski definition) is 2. The molecule has 3 aromatic rings. The highest BCUT2D eigenvalue weighted by atomic mass is 79.9. The van der Waals surface area contributed by atoms with E-state index >= 15 is 0 Å². The van der Waals surface area contributed by atoms with Crippen LogP contribution in [-0.4, -0.2) is 28.8 Å². The lowest BCUT2D eigenvalue weighted by Crippen LogP contribution is -2.42. The zero-order valence-corrected chi connectivity index (χ0v) is 17.0. The number of benzene rings is 3. The lowest BCUT2D eigenvalue weighted by molar-refractivity contribution is -0.596. The first-order valence-corrected chi connectivity index (χ1v) is 10.0. The molecule has 0 saturated carbocycles. The Morgan fingerprint density at radius 2 is 1.55 bits per heavy atom. The Balaban J connectivity index is 1.69. The minimum Gasteiger partial charge on any atom is -0.334 e. The fourth-order valence-corrected chi connectivity index (χ4v) is 3.62. The Hall–Kier alpha value is -3.25. The Morgan fingerprint density at radius 1 is 0.931 bits per heavy atom. The summed E-state index contributed by atoms with van der Waals surface area (Å²) in [6, 6.07) is 25.3. The van der Waals surface area contributed by atoms with E-state index in [1.54, 1.807) is 28.9 Å². The van der Waals surface area contributed by atoms with Crippen LogP contribution < -0.4 is 10.7 Å². The minimum atomic E-state index is -0.725. The van der Waals surface area contributed by atoms with E-state index in [4.69, 9.17) is 0 Å². The number of halogens is 1. The molecule has 144 valence electrons. The van der Waals surface area contributed by atoms with Crippen LogP contribution in [0.1, 0.15) is 27.5 Å². The first kappa shape index (κ1) is 19.1. The van der Waals surface area contributed by atoms with Gasteiger partial charge in [0.1, 0.15) is 0 Å². The van der Waals surface area contributed by atoms with Crippen LogP contribution in [0, 0.1) is 0 Å². The van der Waals surface area contributed by atoms with Crippen LogP contribution >= 0.6 is 15.9 Å². The van der Waals surface area contributed by atoms with Crippen molar-refractivity contribution in [3.63, 3.8) is 0 Å². The van der Waals surface area contributed by atoms with Crippen LogP contribution in [0.5, 0.6) is 0 Å². The quantitative estimate of drug-likeness (QED) is 0.600. The fourth-order valence-electron chi connectivity index (χ4n) is 3.35. The average molecular weight is 449 g/mol. The summed E-state index contributed by atoms with van der Waals surface area (Å²) >= 11 is 3.43. The minimum absolute atomic E-state index is 0.253. The molecule has 1 aliphatic heterocycles. The van der Waals surface area contributed by atoms with Crippen molar-refractivity contribution < 1.29 is 14.3 Å². The number of carbonyl (C=O) groups is 2. The third kappa shape index (κ3) is 4.27. The molecule has 0 bridgehead atoms. The Morgan fingerprint density at radius 3 is 2.21 bits per heavy atom. The number of hydrazone groups is 1. The summed E-state index contributed by atoms with van der Waals surface area (Å²) in [5.41, 5.74) is 5.26. The van der Waals surface area contributed by atoms with Crippen LogP contribution in [0.2, 0.25) is 0 Å². The molecule has 1 heterocycles. The van der Waals surface area contributed by atoms with E-state index in [0.717, 1.165) is 15.6 Å². The van der Waals surface area contributed by atoms with Gasteiger partial charge in [0.25, 0.3) is 5.91 Å². The van der Waals surface area contributed by atoms with Gasteiger partial charge < -0.3 is 5.32 Å². The topological polar surface area (TPSA) is 61.2 Å². The largest absolute Gasteiger partial charge is 0.334 e. The molecular weight excluding hydrogens is 430 g/mol. The van der Waals surface area contributed by atoms with Crippen molar-refractivity contribution in [3.05, 3.63) is 106 Å². The Bertz CT molecular complexity index is 1050. The number of hydrazine groups is 1. The third-order valence-corrected chi connectivity index (χ3v) is 5.29. The maximum absolute atomic E-state index is 12.8. The van der Waals surface area contributed by atoms with Crippen molar-refractivity contribution >= 4 is 34.0 Å². The lowest BCUT2D eigenvalue weighted by atomic mass is 10.00. The van der Waals surface area contributed by atoms with Gasteiger partial charge in [-0.25, -0.2) is 0 Å². The number of amides is 2. The molecule has 0 radical (unpaired) electrons. The molecule has 5 nitrogen and oxygen atoms in total. The SMILES string of the molecule is O=C(N[C@@H]1C(=O)N/[N+](=C\c2ccc(Br)cc2)[C@H]1c1ccccc1)c1ccccc1. The van der Waals surface area contributed by atoms with Gasteiger partial charge in [0.05, 0.1) is 0 Å². The van der Waals surface area contributed by atoms with E-state index in [2.05, 4.69) is 26.7 Å². The predicted molar refractivity (Wildman–Crippen MR) is 115 cm³/mol. The van der Waals surface area contributed by atoms with Crippen molar-refractivity contribution in [2.45, 2.75) is 12.1 Å². The molecule has 2 amide bonds. The number of hydrogen-bond acceptors (Lipinski definition) is 2.